The van der Waals surface area contributed by atoms with Crippen LogP contribution in [0.5, 0.6) is 5.75 Å². The van der Waals surface area contributed by atoms with Crippen molar-refractivity contribution in [2.75, 3.05) is 12.5 Å². The lowest BCUT2D eigenvalue weighted by Gasteiger charge is -2.15. The van der Waals surface area contributed by atoms with Gasteiger partial charge in [0.15, 0.2) is 5.82 Å². The van der Waals surface area contributed by atoms with Gasteiger partial charge in [0.05, 0.1) is 23.6 Å². The minimum Gasteiger partial charge on any atom is -0.496 e. The number of nitrogens with zero attached hydrogens (tertiary/aromatic N) is 2. The number of carbonyl (C=O) groups excluding carboxylic acids is 1. The van der Waals surface area contributed by atoms with Crippen molar-refractivity contribution in [1.82, 2.24) is 9.66 Å². The van der Waals surface area contributed by atoms with Crippen molar-refractivity contribution in [3.63, 3.8) is 0 Å². The molecule has 4 aromatic rings. The number of rotatable bonds is 4. The van der Waals surface area contributed by atoms with Crippen LogP contribution in [0.25, 0.3) is 22.3 Å². The van der Waals surface area contributed by atoms with E-state index in [0.29, 0.717) is 33.6 Å². The van der Waals surface area contributed by atoms with Crippen LogP contribution in [0.15, 0.2) is 83.7 Å². The summed E-state index contributed by atoms with van der Waals surface area (Å²) in [5.41, 5.74) is 3.93. The van der Waals surface area contributed by atoms with Crippen LogP contribution in [0.1, 0.15) is 10.4 Å². The minimum absolute atomic E-state index is 0.323. The maximum atomic E-state index is 13.1. The summed E-state index contributed by atoms with van der Waals surface area (Å²) in [4.78, 5) is 30.6. The molecule has 0 radical (unpaired) electrons. The molecule has 6 nitrogen and oxygen atoms in total. The van der Waals surface area contributed by atoms with Gasteiger partial charge in [0, 0.05) is 5.56 Å². The van der Waals surface area contributed by atoms with E-state index in [-0.39, 0.29) is 5.56 Å². The zero-order chi connectivity index (χ0) is 19.5. The predicted octanol–water partition coefficient (Wildman–Crippen LogP) is 3.46. The van der Waals surface area contributed by atoms with Crippen LogP contribution in [0.4, 0.5) is 0 Å². The Morgan fingerprint density at radius 2 is 1.61 bits per heavy atom. The van der Waals surface area contributed by atoms with Crippen molar-refractivity contribution in [2.24, 2.45) is 0 Å². The Bertz CT molecular complexity index is 1220. The van der Waals surface area contributed by atoms with E-state index in [1.807, 2.05) is 36.4 Å². The highest BCUT2D eigenvalue weighted by atomic mass is 16.5. The molecule has 0 spiro atoms. The molecule has 0 atom stereocenters. The fourth-order valence-corrected chi connectivity index (χ4v) is 3.01. The van der Waals surface area contributed by atoms with Gasteiger partial charge in [0.25, 0.3) is 11.5 Å². The van der Waals surface area contributed by atoms with E-state index in [4.69, 9.17) is 4.74 Å². The van der Waals surface area contributed by atoms with Gasteiger partial charge in [-0.05, 0) is 24.3 Å². The molecule has 1 N–H and O–H groups in total. The second-order valence-electron chi connectivity index (χ2n) is 6.10. The number of benzene rings is 3. The monoisotopic (exact) mass is 371 g/mol. The van der Waals surface area contributed by atoms with Crippen LogP contribution in [-0.4, -0.2) is 22.7 Å². The van der Waals surface area contributed by atoms with E-state index in [2.05, 4.69) is 10.4 Å². The quantitative estimate of drug-likeness (QED) is 0.596. The fourth-order valence-electron chi connectivity index (χ4n) is 3.01. The van der Waals surface area contributed by atoms with Crippen LogP contribution in [0.2, 0.25) is 0 Å². The molecule has 0 saturated carbocycles. The number of amides is 1. The summed E-state index contributed by atoms with van der Waals surface area (Å²) in [5, 5.41) is 0.419. The van der Waals surface area contributed by atoms with Crippen molar-refractivity contribution >= 4 is 16.8 Å². The standard InChI is InChI=1S/C22H17N3O3/c1-28-19-14-8-6-12-17(19)21(26)24-25-20(15-9-3-2-4-10-15)23-18-13-7-5-11-16(18)22(25)27/h2-14H,1H3,(H,24,26). The number of hydrogen-bond acceptors (Lipinski definition) is 4. The minimum atomic E-state index is -0.464. The number of aromatic nitrogens is 2. The summed E-state index contributed by atoms with van der Waals surface area (Å²) >= 11 is 0. The van der Waals surface area contributed by atoms with Crippen LogP contribution < -0.4 is 15.7 Å². The van der Waals surface area contributed by atoms with Crippen LogP contribution in [0, 0.1) is 0 Å². The number of carbonyl (C=O) groups is 1. The molecule has 0 fully saturated rings. The van der Waals surface area contributed by atoms with Crippen molar-refractivity contribution in [2.45, 2.75) is 0 Å². The molecule has 6 heteroatoms. The Morgan fingerprint density at radius 1 is 0.929 bits per heavy atom. The topological polar surface area (TPSA) is 73.2 Å². The number of nitrogens with one attached hydrogen (secondary N) is 1. The first-order valence-corrected chi connectivity index (χ1v) is 8.70. The third-order valence-corrected chi connectivity index (χ3v) is 4.37. The number of fused-ring (bicyclic) bond motifs is 1. The smallest absolute Gasteiger partial charge is 0.280 e. The molecule has 0 unspecified atom stereocenters. The number of para-hydroxylation sites is 2. The first kappa shape index (κ1) is 17.5. The van der Waals surface area contributed by atoms with Gasteiger partial charge in [-0.3, -0.25) is 15.0 Å². The maximum Gasteiger partial charge on any atom is 0.280 e. The van der Waals surface area contributed by atoms with E-state index in [1.54, 1.807) is 42.5 Å². The molecule has 0 aliphatic carbocycles. The lowest BCUT2D eigenvalue weighted by Crippen LogP contribution is -2.35. The van der Waals surface area contributed by atoms with Crippen LogP contribution in [-0.2, 0) is 0 Å². The van der Waals surface area contributed by atoms with Gasteiger partial charge in [-0.25, -0.2) is 4.98 Å². The van der Waals surface area contributed by atoms with Gasteiger partial charge in [-0.15, -0.1) is 0 Å². The molecule has 0 saturated heterocycles. The maximum absolute atomic E-state index is 13.1. The molecule has 0 bridgehead atoms. The first-order valence-electron chi connectivity index (χ1n) is 8.70. The summed E-state index contributed by atoms with van der Waals surface area (Å²) in [6, 6.07) is 23.1. The lowest BCUT2D eigenvalue weighted by molar-refractivity contribution is 0.100. The summed E-state index contributed by atoms with van der Waals surface area (Å²) in [6.45, 7) is 0. The van der Waals surface area contributed by atoms with E-state index in [9.17, 15) is 9.59 Å². The Hall–Kier alpha value is -3.93. The SMILES string of the molecule is COc1ccccc1C(=O)Nn1c(-c2ccccc2)nc2ccccc2c1=O. The molecule has 138 valence electrons. The van der Waals surface area contributed by atoms with Gasteiger partial charge in [-0.2, -0.15) is 4.68 Å². The molecule has 0 aliphatic rings. The van der Waals surface area contributed by atoms with Crippen LogP contribution >= 0.6 is 0 Å². The van der Waals surface area contributed by atoms with Crippen molar-refractivity contribution in [1.29, 1.82) is 0 Å². The Morgan fingerprint density at radius 3 is 2.39 bits per heavy atom. The second kappa shape index (κ2) is 7.36. The zero-order valence-electron chi connectivity index (χ0n) is 15.1. The normalized spacial score (nSPS) is 10.6. The third kappa shape index (κ3) is 3.12. The molecule has 4 rings (SSSR count). The highest BCUT2D eigenvalue weighted by molar-refractivity contribution is 6.02. The molecule has 28 heavy (non-hydrogen) atoms. The van der Waals surface area contributed by atoms with Gasteiger partial charge in [0.2, 0.25) is 0 Å². The van der Waals surface area contributed by atoms with Crippen molar-refractivity contribution in [3.8, 4) is 17.1 Å². The average Bonchev–Trinajstić information content (AvgIpc) is 2.76. The largest absolute Gasteiger partial charge is 0.496 e. The highest BCUT2D eigenvalue weighted by Gasteiger charge is 2.17. The van der Waals surface area contributed by atoms with Crippen molar-refractivity contribution < 1.29 is 9.53 Å². The second-order valence-corrected chi connectivity index (χ2v) is 6.10. The van der Waals surface area contributed by atoms with E-state index < -0.39 is 5.91 Å². The molecule has 1 amide bonds. The molecular weight excluding hydrogens is 354 g/mol. The Kier molecular flexibility index (Phi) is 4.60. The van der Waals surface area contributed by atoms with Crippen molar-refractivity contribution in [3.05, 3.63) is 94.8 Å². The summed E-state index contributed by atoms with van der Waals surface area (Å²) in [6.07, 6.45) is 0. The van der Waals surface area contributed by atoms with Gasteiger partial charge >= 0.3 is 0 Å². The van der Waals surface area contributed by atoms with Gasteiger partial charge < -0.3 is 4.74 Å². The van der Waals surface area contributed by atoms with Gasteiger partial charge in [0.1, 0.15) is 5.75 Å². The van der Waals surface area contributed by atoms with Crippen LogP contribution in [0.3, 0.4) is 0 Å². The highest BCUT2D eigenvalue weighted by Crippen LogP contribution is 2.20. The predicted molar refractivity (Wildman–Crippen MR) is 108 cm³/mol. The average molecular weight is 371 g/mol. The molecule has 0 aliphatic heterocycles. The van der Waals surface area contributed by atoms with E-state index in [1.165, 1.54) is 11.8 Å². The molecule has 1 aromatic heterocycles. The first-order chi connectivity index (χ1) is 13.7. The third-order valence-electron chi connectivity index (χ3n) is 4.37. The number of hydrogen-bond donors (Lipinski definition) is 1. The van der Waals surface area contributed by atoms with Gasteiger partial charge in [-0.1, -0.05) is 54.6 Å². The molecule has 3 aromatic carbocycles. The fraction of sp³-hybridized carbons (Fsp3) is 0.0455. The summed E-state index contributed by atoms with van der Waals surface area (Å²) in [5.74, 6) is 0.310. The Labute approximate surface area is 161 Å². The molecular formula is C22H17N3O3. The summed E-state index contributed by atoms with van der Waals surface area (Å²) < 4.78 is 6.44. The number of ether oxygens (including phenoxy) is 1. The lowest BCUT2D eigenvalue weighted by atomic mass is 10.2. The Balaban J connectivity index is 1.89. The number of methoxy groups -OCH3 is 1. The zero-order valence-corrected chi connectivity index (χ0v) is 15.1. The van der Waals surface area contributed by atoms with E-state index >= 15 is 0 Å². The van der Waals surface area contributed by atoms with E-state index in [0.717, 1.165) is 0 Å². The molecule has 1 heterocycles. The summed E-state index contributed by atoms with van der Waals surface area (Å²) in [7, 11) is 1.49.